The molecule has 26 heavy (non-hydrogen) atoms. The number of halogens is 2. The third-order valence-corrected chi connectivity index (χ3v) is 4.65. The summed E-state index contributed by atoms with van der Waals surface area (Å²) in [5.41, 5.74) is 6.97. The highest BCUT2D eigenvalue weighted by atomic mass is 35.5. The number of anilines is 1. The van der Waals surface area contributed by atoms with Crippen LogP contribution in [0.15, 0.2) is 23.7 Å². The van der Waals surface area contributed by atoms with Crippen LogP contribution in [0.2, 0.25) is 0 Å². The molecule has 0 aromatic carbocycles. The molecule has 0 atom stereocenters. The van der Waals surface area contributed by atoms with Crippen molar-refractivity contribution >= 4 is 47.9 Å². The number of ether oxygens (including phenoxy) is 1. The van der Waals surface area contributed by atoms with Crippen LogP contribution in [0.5, 0.6) is 0 Å². The van der Waals surface area contributed by atoms with Gasteiger partial charge in [0.25, 0.3) is 5.91 Å². The van der Waals surface area contributed by atoms with Crippen molar-refractivity contribution in [3.63, 3.8) is 0 Å². The summed E-state index contributed by atoms with van der Waals surface area (Å²) >= 11 is 1.46. The molecule has 1 fully saturated rings. The standard InChI is InChI=1S/C16H21N5O2S.2ClH/c17-3-1-15-20-13(11-24-15)16(22)19-10-12-2-4-18-14(9-12)21-5-7-23-8-6-21;;/h2,4,9,11H,1,3,5-8,10,17H2,(H,19,22);2*1H. The Morgan fingerprint density at radius 2 is 2.12 bits per heavy atom. The van der Waals surface area contributed by atoms with E-state index in [1.54, 1.807) is 11.6 Å². The van der Waals surface area contributed by atoms with Gasteiger partial charge < -0.3 is 20.7 Å². The highest BCUT2D eigenvalue weighted by molar-refractivity contribution is 7.09. The summed E-state index contributed by atoms with van der Waals surface area (Å²) < 4.78 is 5.36. The second-order valence-corrected chi connectivity index (χ2v) is 6.41. The molecule has 1 aliphatic heterocycles. The maximum atomic E-state index is 12.2. The highest BCUT2D eigenvalue weighted by Gasteiger charge is 2.13. The van der Waals surface area contributed by atoms with Gasteiger partial charge in [0, 0.05) is 37.6 Å². The Morgan fingerprint density at radius 1 is 1.35 bits per heavy atom. The van der Waals surface area contributed by atoms with E-state index in [2.05, 4.69) is 20.2 Å². The molecule has 1 saturated heterocycles. The van der Waals surface area contributed by atoms with E-state index >= 15 is 0 Å². The van der Waals surface area contributed by atoms with E-state index in [0.29, 0.717) is 25.2 Å². The third-order valence-electron chi connectivity index (χ3n) is 3.74. The molecule has 3 heterocycles. The van der Waals surface area contributed by atoms with Crippen LogP contribution in [0.1, 0.15) is 21.1 Å². The smallest absolute Gasteiger partial charge is 0.271 e. The number of nitrogens with one attached hydrogen (secondary N) is 1. The van der Waals surface area contributed by atoms with Crippen molar-refractivity contribution in [2.45, 2.75) is 13.0 Å². The van der Waals surface area contributed by atoms with Crippen LogP contribution in [0.25, 0.3) is 0 Å². The topological polar surface area (TPSA) is 93.4 Å². The maximum absolute atomic E-state index is 12.2. The Morgan fingerprint density at radius 3 is 2.85 bits per heavy atom. The van der Waals surface area contributed by atoms with Crippen LogP contribution in [0.4, 0.5) is 5.82 Å². The van der Waals surface area contributed by atoms with Gasteiger partial charge in [0.05, 0.1) is 18.2 Å². The molecule has 0 bridgehead atoms. The molecule has 0 aliphatic carbocycles. The van der Waals surface area contributed by atoms with Gasteiger partial charge in [-0.15, -0.1) is 36.2 Å². The van der Waals surface area contributed by atoms with Crippen LogP contribution in [0, 0.1) is 0 Å². The molecule has 2 aromatic rings. The van der Waals surface area contributed by atoms with Crippen molar-refractivity contribution in [1.29, 1.82) is 0 Å². The molecule has 3 rings (SSSR count). The van der Waals surface area contributed by atoms with Gasteiger partial charge in [0.1, 0.15) is 11.5 Å². The van der Waals surface area contributed by atoms with Crippen LogP contribution in [-0.4, -0.2) is 48.7 Å². The van der Waals surface area contributed by atoms with E-state index in [9.17, 15) is 4.79 Å². The normalized spacial score (nSPS) is 13.5. The average molecular weight is 420 g/mol. The number of pyridine rings is 1. The summed E-state index contributed by atoms with van der Waals surface area (Å²) in [7, 11) is 0. The predicted octanol–water partition coefficient (Wildman–Crippen LogP) is 1.65. The summed E-state index contributed by atoms with van der Waals surface area (Å²) in [6.45, 7) is 4.10. The quantitative estimate of drug-likeness (QED) is 0.738. The third kappa shape index (κ3) is 6.07. The van der Waals surface area contributed by atoms with Crippen molar-refractivity contribution in [2.24, 2.45) is 5.73 Å². The van der Waals surface area contributed by atoms with E-state index in [0.717, 1.165) is 42.7 Å². The lowest BCUT2D eigenvalue weighted by molar-refractivity contribution is 0.0946. The molecule has 0 unspecified atom stereocenters. The summed E-state index contributed by atoms with van der Waals surface area (Å²) in [5, 5.41) is 5.56. The van der Waals surface area contributed by atoms with E-state index in [1.807, 2.05) is 12.1 Å². The fraction of sp³-hybridized carbons (Fsp3) is 0.438. The summed E-state index contributed by atoms with van der Waals surface area (Å²) in [5.74, 6) is 0.753. The molecule has 1 amide bonds. The van der Waals surface area contributed by atoms with E-state index in [-0.39, 0.29) is 30.7 Å². The zero-order chi connectivity index (χ0) is 16.8. The molecule has 10 heteroatoms. The van der Waals surface area contributed by atoms with Crippen molar-refractivity contribution in [1.82, 2.24) is 15.3 Å². The van der Waals surface area contributed by atoms with Gasteiger partial charge in [-0.1, -0.05) is 0 Å². The molecule has 0 saturated carbocycles. The SMILES string of the molecule is Cl.Cl.NCCc1nc(C(=O)NCc2ccnc(N3CCOCC3)c2)cs1. The highest BCUT2D eigenvalue weighted by Crippen LogP contribution is 2.15. The largest absolute Gasteiger partial charge is 0.378 e. The van der Waals surface area contributed by atoms with Crippen molar-refractivity contribution in [3.8, 4) is 0 Å². The lowest BCUT2D eigenvalue weighted by atomic mass is 10.2. The van der Waals surface area contributed by atoms with E-state index in [1.165, 1.54) is 11.3 Å². The zero-order valence-corrected chi connectivity index (χ0v) is 16.7. The molecule has 2 aromatic heterocycles. The van der Waals surface area contributed by atoms with Gasteiger partial charge in [0.2, 0.25) is 0 Å². The zero-order valence-electron chi connectivity index (χ0n) is 14.2. The van der Waals surface area contributed by atoms with Crippen LogP contribution in [0.3, 0.4) is 0 Å². The molecule has 7 nitrogen and oxygen atoms in total. The summed E-state index contributed by atoms with van der Waals surface area (Å²) in [6, 6.07) is 3.91. The molecule has 3 N–H and O–H groups in total. The van der Waals surface area contributed by atoms with Crippen LogP contribution in [-0.2, 0) is 17.7 Å². The summed E-state index contributed by atoms with van der Waals surface area (Å²) in [4.78, 5) is 23.1. The fourth-order valence-corrected chi connectivity index (χ4v) is 3.26. The lowest BCUT2D eigenvalue weighted by Gasteiger charge is -2.28. The van der Waals surface area contributed by atoms with Crippen molar-refractivity contribution in [3.05, 3.63) is 40.0 Å². The first-order chi connectivity index (χ1) is 11.8. The number of hydrogen-bond donors (Lipinski definition) is 2. The number of carbonyl (C=O) groups excluding carboxylic acids is 1. The van der Waals surface area contributed by atoms with Crippen molar-refractivity contribution < 1.29 is 9.53 Å². The maximum Gasteiger partial charge on any atom is 0.271 e. The Kier molecular flexibility index (Phi) is 9.82. The first-order valence-corrected chi connectivity index (χ1v) is 8.84. The first kappa shape index (κ1) is 22.6. The van der Waals surface area contributed by atoms with E-state index < -0.39 is 0 Å². The Hall–Kier alpha value is -1.45. The van der Waals surface area contributed by atoms with Crippen LogP contribution < -0.4 is 16.0 Å². The number of nitrogens with two attached hydrogens (primary N) is 1. The van der Waals surface area contributed by atoms with Gasteiger partial charge in [-0.2, -0.15) is 0 Å². The Bertz CT molecular complexity index is 695. The number of hydrogen-bond acceptors (Lipinski definition) is 7. The monoisotopic (exact) mass is 419 g/mol. The molecule has 1 aliphatic rings. The number of nitrogens with zero attached hydrogens (tertiary/aromatic N) is 3. The number of rotatable bonds is 6. The van der Waals surface area contributed by atoms with Gasteiger partial charge >= 0.3 is 0 Å². The van der Waals surface area contributed by atoms with Crippen molar-refractivity contribution in [2.75, 3.05) is 37.7 Å². The first-order valence-electron chi connectivity index (χ1n) is 7.96. The Balaban J connectivity index is 0.00000169. The van der Waals surface area contributed by atoms with Gasteiger partial charge in [-0.25, -0.2) is 9.97 Å². The molecule has 144 valence electrons. The van der Waals surface area contributed by atoms with Gasteiger partial charge in [0.15, 0.2) is 0 Å². The molecule has 0 radical (unpaired) electrons. The fourth-order valence-electron chi connectivity index (χ4n) is 2.46. The molecular weight excluding hydrogens is 397 g/mol. The lowest BCUT2D eigenvalue weighted by Crippen LogP contribution is -2.36. The minimum Gasteiger partial charge on any atom is -0.378 e. The van der Waals surface area contributed by atoms with Gasteiger partial charge in [-0.05, 0) is 24.2 Å². The predicted molar refractivity (Wildman–Crippen MR) is 108 cm³/mol. The minimum absolute atomic E-state index is 0. The second kappa shape index (κ2) is 11.3. The number of thiazole rings is 1. The molecular formula is C16H23Cl2N5O2S. The minimum atomic E-state index is -0.167. The Labute approximate surface area is 169 Å². The average Bonchev–Trinajstić information content (AvgIpc) is 3.10. The second-order valence-electron chi connectivity index (χ2n) is 5.47. The number of amides is 1. The molecule has 0 spiro atoms. The number of aromatic nitrogens is 2. The van der Waals surface area contributed by atoms with E-state index in [4.69, 9.17) is 10.5 Å². The number of morpholine rings is 1. The summed E-state index contributed by atoms with van der Waals surface area (Å²) in [6.07, 6.45) is 2.47. The number of carbonyl (C=O) groups is 1. The van der Waals surface area contributed by atoms with Gasteiger partial charge in [-0.3, -0.25) is 4.79 Å². The van der Waals surface area contributed by atoms with Crippen LogP contribution >= 0.6 is 36.2 Å².